The fraction of sp³-hybridized carbons (Fsp3) is 0.538. The summed E-state index contributed by atoms with van der Waals surface area (Å²) in [5.41, 5.74) is 6.88. The van der Waals surface area contributed by atoms with Crippen LogP contribution in [0.3, 0.4) is 0 Å². The van der Waals surface area contributed by atoms with Gasteiger partial charge in [0.2, 0.25) is 10.0 Å². The Bertz CT molecular complexity index is 508. The molecule has 0 bridgehead atoms. The first kappa shape index (κ1) is 15.0. The quantitative estimate of drug-likeness (QED) is 0.820. The van der Waals surface area contributed by atoms with Crippen molar-refractivity contribution in [3.63, 3.8) is 0 Å². The van der Waals surface area contributed by atoms with Crippen molar-refractivity contribution in [2.45, 2.75) is 48.0 Å². The summed E-state index contributed by atoms with van der Waals surface area (Å²) in [5, 5.41) is 0.723. The molecule has 0 radical (unpaired) electrons. The van der Waals surface area contributed by atoms with Crippen molar-refractivity contribution in [1.82, 2.24) is 4.72 Å². The molecule has 0 aromatic heterocycles. The largest absolute Gasteiger partial charge is 0.328 e. The van der Waals surface area contributed by atoms with Gasteiger partial charge < -0.3 is 5.73 Å². The minimum Gasteiger partial charge on any atom is -0.328 e. The monoisotopic (exact) mass is 346 g/mol. The summed E-state index contributed by atoms with van der Waals surface area (Å²) in [5.74, 6) is 0. The molecule has 0 heterocycles. The maximum Gasteiger partial charge on any atom is 0.240 e. The van der Waals surface area contributed by atoms with Crippen LogP contribution in [0.5, 0.6) is 0 Å². The molecule has 1 saturated carbocycles. The van der Waals surface area contributed by atoms with E-state index in [4.69, 9.17) is 5.73 Å². The van der Waals surface area contributed by atoms with Crippen LogP contribution in [-0.4, -0.2) is 20.5 Å². The number of hydrogen-bond donors (Lipinski definition) is 2. The van der Waals surface area contributed by atoms with Gasteiger partial charge in [-0.3, -0.25) is 0 Å². The predicted octanol–water partition coefficient (Wildman–Crippen LogP) is 2.13. The van der Waals surface area contributed by atoms with Crippen molar-refractivity contribution in [3.05, 3.63) is 29.8 Å². The van der Waals surface area contributed by atoms with E-state index in [0.717, 1.165) is 36.6 Å². The number of rotatable bonds is 4. The van der Waals surface area contributed by atoms with Crippen LogP contribution in [-0.2, 0) is 15.4 Å². The topological polar surface area (TPSA) is 72.2 Å². The summed E-state index contributed by atoms with van der Waals surface area (Å²) in [7, 11) is -3.41. The summed E-state index contributed by atoms with van der Waals surface area (Å²) in [6, 6.07) is 7.17. The third-order valence-corrected chi connectivity index (χ3v) is 5.67. The number of benzene rings is 1. The van der Waals surface area contributed by atoms with Crippen LogP contribution in [0.25, 0.3) is 0 Å². The van der Waals surface area contributed by atoms with E-state index in [9.17, 15) is 8.42 Å². The fourth-order valence-corrected chi connectivity index (χ4v) is 3.96. The molecule has 0 saturated heterocycles. The Morgan fingerprint density at radius 3 is 2.26 bits per heavy atom. The van der Waals surface area contributed by atoms with Crippen LogP contribution in [0.4, 0.5) is 0 Å². The number of nitrogens with one attached hydrogen (secondary N) is 1. The average molecular weight is 347 g/mol. The summed E-state index contributed by atoms with van der Waals surface area (Å²) < 4.78 is 27.2. The molecule has 0 aliphatic heterocycles. The lowest BCUT2D eigenvalue weighted by atomic mass is 9.93. The first-order valence-corrected chi connectivity index (χ1v) is 9.04. The summed E-state index contributed by atoms with van der Waals surface area (Å²) in [4.78, 5) is 0.326. The summed E-state index contributed by atoms with van der Waals surface area (Å²) in [6.45, 7) is 0. The third kappa shape index (κ3) is 4.02. The molecule has 1 aromatic rings. The van der Waals surface area contributed by atoms with E-state index in [1.807, 2.05) is 12.1 Å². The SMILES string of the molecule is NC1CCC(NS(=O)(=O)c2ccc(CBr)cc2)CC1. The Labute approximate surface area is 122 Å². The van der Waals surface area contributed by atoms with Crippen LogP contribution in [0.1, 0.15) is 31.2 Å². The minimum atomic E-state index is -3.41. The lowest BCUT2D eigenvalue weighted by Gasteiger charge is -2.26. The molecule has 19 heavy (non-hydrogen) atoms. The molecule has 1 aliphatic carbocycles. The highest BCUT2D eigenvalue weighted by Gasteiger charge is 2.24. The number of nitrogens with two attached hydrogens (primary N) is 1. The lowest BCUT2D eigenvalue weighted by Crippen LogP contribution is -2.40. The van der Waals surface area contributed by atoms with Gasteiger partial charge in [0, 0.05) is 17.4 Å². The Morgan fingerprint density at radius 1 is 1.16 bits per heavy atom. The van der Waals surface area contributed by atoms with Gasteiger partial charge in [-0.25, -0.2) is 13.1 Å². The van der Waals surface area contributed by atoms with Crippen LogP contribution in [0.15, 0.2) is 29.2 Å². The van der Waals surface area contributed by atoms with Gasteiger partial charge in [0.05, 0.1) is 4.90 Å². The van der Waals surface area contributed by atoms with Crippen molar-refractivity contribution >= 4 is 26.0 Å². The van der Waals surface area contributed by atoms with Crippen LogP contribution >= 0.6 is 15.9 Å². The lowest BCUT2D eigenvalue weighted by molar-refractivity contribution is 0.373. The van der Waals surface area contributed by atoms with Gasteiger partial charge in [0.15, 0.2) is 0 Å². The van der Waals surface area contributed by atoms with Crippen molar-refractivity contribution in [3.8, 4) is 0 Å². The number of halogens is 1. The fourth-order valence-electron chi connectivity index (χ4n) is 2.28. The molecule has 6 heteroatoms. The minimum absolute atomic E-state index is 0.0145. The van der Waals surface area contributed by atoms with Gasteiger partial charge >= 0.3 is 0 Å². The van der Waals surface area contributed by atoms with Crippen molar-refractivity contribution in [2.75, 3.05) is 0 Å². The van der Waals surface area contributed by atoms with Crippen molar-refractivity contribution < 1.29 is 8.42 Å². The normalized spacial score (nSPS) is 24.3. The standard InChI is InChI=1S/C13H19BrN2O2S/c14-9-10-1-7-13(8-2-10)19(17,18)16-12-5-3-11(15)4-6-12/h1-2,7-8,11-12,16H,3-6,9,15H2. The molecule has 4 nitrogen and oxygen atoms in total. The second-order valence-corrected chi connectivity index (χ2v) is 7.29. The van der Waals surface area contributed by atoms with Gasteiger partial charge in [-0.15, -0.1) is 0 Å². The molecule has 0 spiro atoms. The maximum atomic E-state index is 12.2. The maximum absolute atomic E-state index is 12.2. The van der Waals surface area contributed by atoms with E-state index in [1.165, 1.54) is 0 Å². The molecule has 0 unspecified atom stereocenters. The molecular weight excluding hydrogens is 328 g/mol. The molecule has 1 aromatic carbocycles. The zero-order valence-corrected chi connectivity index (χ0v) is 13.1. The van der Waals surface area contributed by atoms with E-state index in [0.29, 0.717) is 4.90 Å². The first-order chi connectivity index (χ1) is 9.01. The second-order valence-electron chi connectivity index (χ2n) is 5.01. The van der Waals surface area contributed by atoms with Gasteiger partial charge in [-0.05, 0) is 43.4 Å². The second kappa shape index (κ2) is 6.35. The van der Waals surface area contributed by atoms with Gasteiger partial charge in [-0.1, -0.05) is 28.1 Å². The molecule has 2 rings (SSSR count). The van der Waals surface area contributed by atoms with E-state index in [2.05, 4.69) is 20.7 Å². The zero-order valence-electron chi connectivity index (χ0n) is 10.7. The predicted molar refractivity (Wildman–Crippen MR) is 79.6 cm³/mol. The van der Waals surface area contributed by atoms with Gasteiger partial charge in [0.25, 0.3) is 0 Å². The van der Waals surface area contributed by atoms with Crippen LogP contribution in [0, 0.1) is 0 Å². The van der Waals surface area contributed by atoms with Gasteiger partial charge in [0.1, 0.15) is 0 Å². The summed E-state index contributed by atoms with van der Waals surface area (Å²) >= 11 is 3.34. The van der Waals surface area contributed by atoms with E-state index in [-0.39, 0.29) is 12.1 Å². The van der Waals surface area contributed by atoms with Crippen molar-refractivity contribution in [1.29, 1.82) is 0 Å². The van der Waals surface area contributed by atoms with Gasteiger partial charge in [-0.2, -0.15) is 0 Å². The molecule has 3 N–H and O–H groups in total. The number of sulfonamides is 1. The molecule has 106 valence electrons. The highest BCUT2D eigenvalue weighted by atomic mass is 79.9. The molecule has 0 amide bonds. The van der Waals surface area contributed by atoms with Crippen LogP contribution < -0.4 is 10.5 Å². The number of alkyl halides is 1. The third-order valence-electron chi connectivity index (χ3n) is 3.48. The van der Waals surface area contributed by atoms with E-state index >= 15 is 0 Å². The van der Waals surface area contributed by atoms with Crippen LogP contribution in [0.2, 0.25) is 0 Å². The Kier molecular flexibility index (Phi) is 5.00. The molecule has 0 atom stereocenters. The zero-order chi connectivity index (χ0) is 13.9. The molecule has 1 fully saturated rings. The number of hydrogen-bond acceptors (Lipinski definition) is 3. The van der Waals surface area contributed by atoms with Crippen molar-refractivity contribution in [2.24, 2.45) is 5.73 Å². The Morgan fingerprint density at radius 2 is 1.74 bits per heavy atom. The Balaban J connectivity index is 2.05. The Hall–Kier alpha value is -0.430. The highest BCUT2D eigenvalue weighted by Crippen LogP contribution is 2.20. The molecule has 1 aliphatic rings. The highest BCUT2D eigenvalue weighted by molar-refractivity contribution is 9.08. The van der Waals surface area contributed by atoms with E-state index < -0.39 is 10.0 Å². The van der Waals surface area contributed by atoms with E-state index in [1.54, 1.807) is 12.1 Å². The first-order valence-electron chi connectivity index (χ1n) is 6.44. The molecular formula is C13H19BrN2O2S. The average Bonchev–Trinajstić information content (AvgIpc) is 2.41. The summed E-state index contributed by atoms with van der Waals surface area (Å²) in [6.07, 6.45) is 3.41. The smallest absolute Gasteiger partial charge is 0.240 e.